The van der Waals surface area contributed by atoms with Gasteiger partial charge in [-0.05, 0) is 50.2 Å². The Morgan fingerprint density at radius 3 is 2.33 bits per heavy atom. The highest BCUT2D eigenvalue weighted by atomic mass is 16.5. The second kappa shape index (κ2) is 6.58. The minimum atomic E-state index is -0.169. The number of rotatable bonds is 4. The summed E-state index contributed by atoms with van der Waals surface area (Å²) in [5.74, 6) is 0.578. The highest BCUT2D eigenvalue weighted by Crippen LogP contribution is 2.20. The summed E-state index contributed by atoms with van der Waals surface area (Å²) in [7, 11) is 1.61. The number of nitrogens with one attached hydrogen (secondary N) is 1. The van der Waals surface area contributed by atoms with Gasteiger partial charge in [0.05, 0.1) is 29.7 Å². The van der Waals surface area contributed by atoms with E-state index in [4.69, 9.17) is 4.74 Å². The van der Waals surface area contributed by atoms with Gasteiger partial charge in [0.25, 0.3) is 5.91 Å². The smallest absolute Gasteiger partial charge is 0.259 e. The van der Waals surface area contributed by atoms with Gasteiger partial charge in [-0.15, -0.1) is 0 Å². The summed E-state index contributed by atoms with van der Waals surface area (Å²) >= 11 is 0. The molecule has 0 atom stereocenters. The molecule has 5 nitrogen and oxygen atoms in total. The van der Waals surface area contributed by atoms with Crippen LogP contribution in [0, 0.1) is 13.8 Å². The van der Waals surface area contributed by atoms with E-state index in [1.54, 1.807) is 11.8 Å². The Morgan fingerprint density at radius 1 is 1.04 bits per heavy atom. The fourth-order valence-electron chi connectivity index (χ4n) is 2.66. The number of hydrogen-bond acceptors (Lipinski definition) is 3. The Bertz CT molecular complexity index is 852. The molecule has 2 aromatic carbocycles. The molecule has 0 saturated heterocycles. The lowest BCUT2D eigenvalue weighted by Crippen LogP contribution is -2.14. The molecule has 0 bridgehead atoms. The maximum atomic E-state index is 12.7. The van der Waals surface area contributed by atoms with Gasteiger partial charge in [0.15, 0.2) is 0 Å². The summed E-state index contributed by atoms with van der Waals surface area (Å²) in [5, 5.41) is 7.41. The molecule has 1 heterocycles. The zero-order valence-corrected chi connectivity index (χ0v) is 13.9. The molecule has 3 rings (SSSR count). The van der Waals surface area contributed by atoms with Crippen LogP contribution in [0.4, 0.5) is 5.69 Å². The number of methoxy groups -OCH3 is 1. The van der Waals surface area contributed by atoms with Gasteiger partial charge in [0, 0.05) is 5.69 Å². The predicted octanol–water partition coefficient (Wildman–Crippen LogP) is 3.75. The largest absolute Gasteiger partial charge is 0.497 e. The quantitative estimate of drug-likeness (QED) is 0.796. The number of para-hydroxylation sites is 1. The summed E-state index contributed by atoms with van der Waals surface area (Å²) < 4.78 is 6.91. The number of ether oxygens (including phenoxy) is 1. The number of anilines is 1. The second-order valence-electron chi connectivity index (χ2n) is 5.48. The van der Waals surface area contributed by atoms with Crippen molar-refractivity contribution in [2.45, 2.75) is 13.8 Å². The van der Waals surface area contributed by atoms with Crippen molar-refractivity contribution in [3.8, 4) is 11.4 Å². The van der Waals surface area contributed by atoms with E-state index in [-0.39, 0.29) is 5.91 Å². The van der Waals surface area contributed by atoms with E-state index in [0.717, 1.165) is 17.1 Å². The van der Waals surface area contributed by atoms with Crippen LogP contribution in [0.25, 0.3) is 5.69 Å². The van der Waals surface area contributed by atoms with E-state index >= 15 is 0 Å². The number of carbonyl (C=O) groups excluding carboxylic acids is 1. The average Bonchev–Trinajstić information content (AvgIpc) is 2.91. The Hall–Kier alpha value is -3.08. The molecule has 0 radical (unpaired) electrons. The van der Waals surface area contributed by atoms with E-state index in [9.17, 15) is 4.79 Å². The number of nitrogens with zero attached hydrogens (tertiary/aromatic N) is 2. The predicted molar refractivity (Wildman–Crippen MR) is 94.0 cm³/mol. The van der Waals surface area contributed by atoms with E-state index in [2.05, 4.69) is 10.4 Å². The van der Waals surface area contributed by atoms with Gasteiger partial charge < -0.3 is 10.1 Å². The van der Waals surface area contributed by atoms with Crippen LogP contribution >= 0.6 is 0 Å². The van der Waals surface area contributed by atoms with Crippen molar-refractivity contribution < 1.29 is 9.53 Å². The van der Waals surface area contributed by atoms with Crippen molar-refractivity contribution in [1.82, 2.24) is 9.78 Å². The SMILES string of the molecule is COc1ccc(NC(=O)c2c(C)nn(-c3ccccc3)c2C)cc1. The van der Waals surface area contributed by atoms with Crippen LogP contribution < -0.4 is 10.1 Å². The monoisotopic (exact) mass is 321 g/mol. The van der Waals surface area contributed by atoms with Crippen LogP contribution in [-0.4, -0.2) is 22.8 Å². The fourth-order valence-corrected chi connectivity index (χ4v) is 2.66. The Kier molecular flexibility index (Phi) is 4.33. The molecule has 0 aliphatic carbocycles. The molecule has 5 heteroatoms. The standard InChI is InChI=1S/C19H19N3O2/c1-13-18(14(2)22(21-13)16-7-5-4-6-8-16)19(23)20-15-9-11-17(24-3)12-10-15/h4-12H,1-3H3,(H,20,23). The van der Waals surface area contributed by atoms with Gasteiger partial charge in [-0.2, -0.15) is 5.10 Å². The Labute approximate surface area is 140 Å². The molecule has 3 aromatic rings. The average molecular weight is 321 g/mol. The van der Waals surface area contributed by atoms with Crippen LogP contribution in [0.3, 0.4) is 0 Å². The number of hydrogen-bond donors (Lipinski definition) is 1. The molecular formula is C19H19N3O2. The molecule has 0 aliphatic heterocycles. The first kappa shape index (κ1) is 15.8. The second-order valence-corrected chi connectivity index (χ2v) is 5.48. The third-order valence-corrected chi connectivity index (χ3v) is 3.87. The molecule has 0 aliphatic rings. The molecule has 0 saturated carbocycles. The summed E-state index contributed by atoms with van der Waals surface area (Å²) in [4.78, 5) is 12.7. The zero-order chi connectivity index (χ0) is 17.1. The maximum absolute atomic E-state index is 12.7. The maximum Gasteiger partial charge on any atom is 0.259 e. The highest BCUT2D eigenvalue weighted by Gasteiger charge is 2.19. The molecule has 1 amide bonds. The van der Waals surface area contributed by atoms with Gasteiger partial charge in [-0.3, -0.25) is 4.79 Å². The fraction of sp³-hybridized carbons (Fsp3) is 0.158. The lowest BCUT2D eigenvalue weighted by Gasteiger charge is -2.07. The van der Waals surface area contributed by atoms with Crippen molar-refractivity contribution in [3.05, 3.63) is 71.5 Å². The molecule has 0 fully saturated rings. The van der Waals surface area contributed by atoms with Crippen molar-refractivity contribution in [2.24, 2.45) is 0 Å². The molecular weight excluding hydrogens is 302 g/mol. The third kappa shape index (κ3) is 3.01. The van der Waals surface area contributed by atoms with Crippen LogP contribution in [0.5, 0.6) is 5.75 Å². The minimum absolute atomic E-state index is 0.169. The normalized spacial score (nSPS) is 10.5. The Morgan fingerprint density at radius 2 is 1.71 bits per heavy atom. The molecule has 1 N–H and O–H groups in total. The minimum Gasteiger partial charge on any atom is -0.497 e. The molecule has 24 heavy (non-hydrogen) atoms. The van der Waals surface area contributed by atoms with Gasteiger partial charge in [-0.25, -0.2) is 4.68 Å². The van der Waals surface area contributed by atoms with E-state index in [1.165, 1.54) is 0 Å². The van der Waals surface area contributed by atoms with Crippen molar-refractivity contribution in [2.75, 3.05) is 12.4 Å². The van der Waals surface area contributed by atoms with Crippen molar-refractivity contribution in [1.29, 1.82) is 0 Å². The van der Waals surface area contributed by atoms with E-state index < -0.39 is 0 Å². The highest BCUT2D eigenvalue weighted by molar-refractivity contribution is 6.06. The zero-order valence-electron chi connectivity index (χ0n) is 13.9. The topological polar surface area (TPSA) is 56.1 Å². The molecule has 1 aromatic heterocycles. The van der Waals surface area contributed by atoms with Gasteiger partial charge in [0.2, 0.25) is 0 Å². The van der Waals surface area contributed by atoms with Crippen molar-refractivity contribution in [3.63, 3.8) is 0 Å². The summed E-state index contributed by atoms with van der Waals surface area (Å²) in [6.07, 6.45) is 0. The molecule has 0 spiro atoms. The first-order chi connectivity index (χ1) is 11.6. The number of aryl methyl sites for hydroxylation is 1. The lowest BCUT2D eigenvalue weighted by atomic mass is 10.1. The summed E-state index contributed by atoms with van der Waals surface area (Å²) in [6, 6.07) is 17.0. The van der Waals surface area contributed by atoms with Gasteiger partial charge >= 0.3 is 0 Å². The number of carbonyl (C=O) groups is 1. The van der Waals surface area contributed by atoms with Crippen LogP contribution in [0.2, 0.25) is 0 Å². The van der Waals surface area contributed by atoms with E-state index in [1.807, 2.05) is 68.4 Å². The number of benzene rings is 2. The Balaban J connectivity index is 1.88. The summed E-state index contributed by atoms with van der Waals surface area (Å²) in [5.41, 5.74) is 3.75. The molecule has 122 valence electrons. The third-order valence-electron chi connectivity index (χ3n) is 3.87. The first-order valence-electron chi connectivity index (χ1n) is 7.67. The number of amides is 1. The summed E-state index contributed by atoms with van der Waals surface area (Å²) in [6.45, 7) is 3.74. The number of aromatic nitrogens is 2. The van der Waals surface area contributed by atoms with Crippen LogP contribution in [0.15, 0.2) is 54.6 Å². The van der Waals surface area contributed by atoms with Gasteiger partial charge in [-0.1, -0.05) is 18.2 Å². The van der Waals surface area contributed by atoms with E-state index in [0.29, 0.717) is 16.9 Å². The lowest BCUT2D eigenvalue weighted by molar-refractivity contribution is 0.102. The van der Waals surface area contributed by atoms with Crippen molar-refractivity contribution >= 4 is 11.6 Å². The van der Waals surface area contributed by atoms with Crippen LogP contribution in [0.1, 0.15) is 21.7 Å². The van der Waals surface area contributed by atoms with Gasteiger partial charge in [0.1, 0.15) is 5.75 Å². The first-order valence-corrected chi connectivity index (χ1v) is 7.67. The van der Waals surface area contributed by atoms with Crippen LogP contribution in [-0.2, 0) is 0 Å². The molecule has 0 unspecified atom stereocenters.